The van der Waals surface area contributed by atoms with Crippen LogP contribution in [0.1, 0.15) is 27.0 Å². The highest BCUT2D eigenvalue weighted by Crippen LogP contribution is 2.58. The number of hydrogen-bond donors (Lipinski definition) is 2. The molecule has 2 aliphatic rings. The van der Waals surface area contributed by atoms with Crippen molar-refractivity contribution in [3.05, 3.63) is 76.9 Å². The summed E-state index contributed by atoms with van der Waals surface area (Å²) in [6, 6.07) is 12.9. The minimum atomic E-state index is -4.37. The van der Waals surface area contributed by atoms with E-state index in [9.17, 15) is 23.4 Å². The Kier molecular flexibility index (Phi) is 3.48. The molecule has 0 amide bonds. The number of halogens is 1. The van der Waals surface area contributed by atoms with Crippen molar-refractivity contribution < 1.29 is 32.9 Å². The van der Waals surface area contributed by atoms with Crippen LogP contribution in [0.2, 0.25) is 0 Å². The molecule has 1 atom stereocenters. The largest absolute Gasteiger partial charge is 0.508 e. The summed E-state index contributed by atoms with van der Waals surface area (Å²) in [6.45, 7) is 0. The highest BCUT2D eigenvalue weighted by Gasteiger charge is 2.55. The van der Waals surface area contributed by atoms with Crippen molar-refractivity contribution in [1.82, 2.24) is 0 Å². The zero-order valence-electron chi connectivity index (χ0n) is 14.4. The SMILES string of the molecule is O=C1OC2(c3ccc(O)cc3Oc3cc(O)cc(S(=O)(=O)Cl)c32)c2ccccc21. The second kappa shape index (κ2) is 5.65. The lowest BCUT2D eigenvalue weighted by atomic mass is 9.77. The molecule has 0 saturated heterocycles. The normalized spacial score (nSPS) is 19.1. The molecule has 5 rings (SSSR count). The molecule has 9 heteroatoms. The number of fused-ring (bicyclic) bond motifs is 6. The van der Waals surface area contributed by atoms with E-state index in [4.69, 9.17) is 20.2 Å². The molecule has 0 bridgehead atoms. The van der Waals surface area contributed by atoms with Crippen molar-refractivity contribution in [1.29, 1.82) is 0 Å². The van der Waals surface area contributed by atoms with Crippen molar-refractivity contribution in [2.45, 2.75) is 10.5 Å². The lowest BCUT2D eigenvalue weighted by Gasteiger charge is -2.37. The van der Waals surface area contributed by atoms with E-state index < -0.39 is 31.3 Å². The highest BCUT2D eigenvalue weighted by atomic mass is 35.7. The molecule has 0 aromatic heterocycles. The summed E-state index contributed by atoms with van der Waals surface area (Å²) in [5, 5.41) is 20.0. The molecule has 7 nitrogen and oxygen atoms in total. The minimum absolute atomic E-state index is 0.0261. The summed E-state index contributed by atoms with van der Waals surface area (Å²) in [6.07, 6.45) is 0. The van der Waals surface area contributed by atoms with Gasteiger partial charge in [0, 0.05) is 40.0 Å². The van der Waals surface area contributed by atoms with E-state index in [0.717, 1.165) is 6.07 Å². The zero-order chi connectivity index (χ0) is 20.6. The van der Waals surface area contributed by atoms with Crippen LogP contribution < -0.4 is 4.74 Å². The molecule has 2 aliphatic heterocycles. The molecule has 0 aliphatic carbocycles. The molecule has 1 spiro atoms. The molecule has 0 radical (unpaired) electrons. The number of benzene rings is 3. The Balaban J connectivity index is 1.99. The zero-order valence-corrected chi connectivity index (χ0v) is 16.0. The predicted molar refractivity (Wildman–Crippen MR) is 101 cm³/mol. The minimum Gasteiger partial charge on any atom is -0.508 e. The summed E-state index contributed by atoms with van der Waals surface area (Å²) in [5.74, 6) is -1.08. The second-order valence-corrected chi connectivity index (χ2v) is 9.19. The summed E-state index contributed by atoms with van der Waals surface area (Å²) in [7, 11) is 1.30. The molecule has 3 aromatic carbocycles. The maximum Gasteiger partial charge on any atom is 0.340 e. The summed E-state index contributed by atoms with van der Waals surface area (Å²) < 4.78 is 36.4. The average Bonchev–Trinajstić information content (AvgIpc) is 2.93. The molecule has 1 unspecified atom stereocenters. The third kappa shape index (κ3) is 2.36. The standard InChI is InChI=1S/C20H11ClO7S/c21-29(25,26)17-9-11(23)8-16-18(17)20(14-6-5-10(22)7-15(14)27-16)13-4-2-1-3-12(13)19(24)28-20/h1-9,22-23H. The van der Waals surface area contributed by atoms with Crippen molar-refractivity contribution in [2.75, 3.05) is 0 Å². The molecule has 0 saturated carbocycles. The Morgan fingerprint density at radius 1 is 0.897 bits per heavy atom. The number of phenolic OH excluding ortho intramolecular Hbond substituents is 2. The molecule has 2 heterocycles. The van der Waals surface area contributed by atoms with Crippen LogP contribution in [0.5, 0.6) is 23.0 Å². The van der Waals surface area contributed by atoms with Gasteiger partial charge >= 0.3 is 5.97 Å². The maximum atomic E-state index is 12.7. The topological polar surface area (TPSA) is 110 Å². The van der Waals surface area contributed by atoms with Crippen LogP contribution in [-0.4, -0.2) is 24.6 Å². The van der Waals surface area contributed by atoms with Crippen molar-refractivity contribution in [2.24, 2.45) is 0 Å². The van der Waals surface area contributed by atoms with Gasteiger partial charge in [0.15, 0.2) is 5.60 Å². The van der Waals surface area contributed by atoms with Gasteiger partial charge in [0.05, 0.1) is 16.0 Å². The number of esters is 1. The van der Waals surface area contributed by atoms with Crippen molar-refractivity contribution in [3.8, 4) is 23.0 Å². The van der Waals surface area contributed by atoms with E-state index >= 15 is 0 Å². The van der Waals surface area contributed by atoms with Gasteiger partial charge < -0.3 is 19.7 Å². The summed E-state index contributed by atoms with van der Waals surface area (Å²) in [5.41, 5.74) is -0.746. The number of carbonyl (C=O) groups excluding carboxylic acids is 1. The van der Waals surface area contributed by atoms with Gasteiger partial charge in [0.2, 0.25) is 0 Å². The van der Waals surface area contributed by atoms with Crippen molar-refractivity contribution in [3.63, 3.8) is 0 Å². The first-order valence-electron chi connectivity index (χ1n) is 8.38. The summed E-state index contributed by atoms with van der Waals surface area (Å²) >= 11 is 0. The maximum absolute atomic E-state index is 12.7. The molecule has 29 heavy (non-hydrogen) atoms. The van der Waals surface area contributed by atoms with Gasteiger partial charge in [-0.1, -0.05) is 18.2 Å². The molecule has 2 N–H and O–H groups in total. The average molecular weight is 431 g/mol. The first-order valence-corrected chi connectivity index (χ1v) is 10.7. The van der Waals surface area contributed by atoms with Crippen molar-refractivity contribution >= 4 is 25.7 Å². The van der Waals surface area contributed by atoms with Crippen LogP contribution in [0.25, 0.3) is 0 Å². The predicted octanol–water partition coefficient (Wildman–Crippen LogP) is 3.59. The van der Waals surface area contributed by atoms with Gasteiger partial charge in [0.25, 0.3) is 9.05 Å². The molecule has 3 aromatic rings. The lowest BCUT2D eigenvalue weighted by Crippen LogP contribution is -2.34. The Morgan fingerprint density at radius 2 is 1.62 bits per heavy atom. The molecular formula is C20H11ClO7S. The molecule has 146 valence electrons. The van der Waals surface area contributed by atoms with Gasteiger partial charge in [-0.3, -0.25) is 0 Å². The second-order valence-electron chi connectivity index (χ2n) is 6.65. The van der Waals surface area contributed by atoms with Crippen LogP contribution in [0.15, 0.2) is 59.5 Å². The van der Waals surface area contributed by atoms with Gasteiger partial charge in [0.1, 0.15) is 23.0 Å². The number of ether oxygens (including phenoxy) is 2. The monoisotopic (exact) mass is 430 g/mol. The quantitative estimate of drug-likeness (QED) is 0.448. The van der Waals surface area contributed by atoms with E-state index in [2.05, 4.69) is 0 Å². The fourth-order valence-electron chi connectivity index (χ4n) is 3.94. The first kappa shape index (κ1) is 17.8. The number of carbonyl (C=O) groups is 1. The Morgan fingerprint density at radius 3 is 2.38 bits per heavy atom. The van der Waals surface area contributed by atoms with E-state index in [1.54, 1.807) is 24.3 Å². The lowest BCUT2D eigenvalue weighted by molar-refractivity contribution is 0.0214. The van der Waals surface area contributed by atoms with Crippen LogP contribution in [0.3, 0.4) is 0 Å². The Hall–Kier alpha value is -3.23. The molecule has 0 fully saturated rings. The van der Waals surface area contributed by atoms with Crippen LogP contribution in [-0.2, 0) is 19.4 Å². The fourth-order valence-corrected chi connectivity index (χ4v) is 5.05. The fraction of sp³-hybridized carbons (Fsp3) is 0.0500. The van der Waals surface area contributed by atoms with E-state index in [1.807, 2.05) is 0 Å². The third-order valence-corrected chi connectivity index (χ3v) is 6.35. The number of hydrogen-bond acceptors (Lipinski definition) is 7. The van der Waals surface area contributed by atoms with Gasteiger partial charge in [-0.05, 0) is 18.2 Å². The van der Waals surface area contributed by atoms with Crippen LogP contribution in [0.4, 0.5) is 0 Å². The van der Waals surface area contributed by atoms with Gasteiger partial charge in [-0.25, -0.2) is 13.2 Å². The van der Waals surface area contributed by atoms with Gasteiger partial charge in [-0.2, -0.15) is 0 Å². The van der Waals surface area contributed by atoms with Crippen LogP contribution >= 0.6 is 10.7 Å². The first-order chi connectivity index (χ1) is 13.7. The van der Waals surface area contributed by atoms with E-state index in [1.165, 1.54) is 24.3 Å². The van der Waals surface area contributed by atoms with E-state index in [-0.39, 0.29) is 28.4 Å². The summed E-state index contributed by atoms with van der Waals surface area (Å²) in [4.78, 5) is 12.3. The van der Waals surface area contributed by atoms with Gasteiger partial charge in [-0.15, -0.1) is 0 Å². The molecular weight excluding hydrogens is 420 g/mol. The number of phenols is 2. The Labute approximate surface area is 169 Å². The number of aromatic hydroxyl groups is 2. The smallest absolute Gasteiger partial charge is 0.340 e. The van der Waals surface area contributed by atoms with E-state index in [0.29, 0.717) is 11.1 Å². The third-order valence-electron chi connectivity index (χ3n) is 5.00. The van der Waals surface area contributed by atoms with Crippen LogP contribution in [0, 0.1) is 0 Å². The number of rotatable bonds is 1. The highest BCUT2D eigenvalue weighted by molar-refractivity contribution is 8.13. The Bertz CT molecular complexity index is 1330.